The number of sulfone groups is 1. The van der Waals surface area contributed by atoms with Crippen molar-refractivity contribution in [3.8, 4) is 5.75 Å². The normalized spacial score (nSPS) is 21.9. The summed E-state index contributed by atoms with van der Waals surface area (Å²) in [5.74, 6) is 0.396. The summed E-state index contributed by atoms with van der Waals surface area (Å²) in [5, 5.41) is 6.94. The highest BCUT2D eigenvalue weighted by molar-refractivity contribution is 7.91. The van der Waals surface area contributed by atoms with Crippen molar-refractivity contribution >= 4 is 9.84 Å². The van der Waals surface area contributed by atoms with Crippen LogP contribution in [0.2, 0.25) is 0 Å². The zero-order valence-electron chi connectivity index (χ0n) is 15.7. The van der Waals surface area contributed by atoms with Crippen LogP contribution in [0.15, 0.2) is 52.3 Å². The summed E-state index contributed by atoms with van der Waals surface area (Å²) in [4.78, 5) is 0.0850. The molecule has 7 heteroatoms. The highest BCUT2D eigenvalue weighted by atomic mass is 32.2. The smallest absolute Gasteiger partial charge is 0.206 e. The molecule has 0 spiro atoms. The van der Waals surface area contributed by atoms with E-state index in [-0.39, 0.29) is 9.79 Å². The van der Waals surface area contributed by atoms with Crippen LogP contribution in [0.4, 0.5) is 4.39 Å². The van der Waals surface area contributed by atoms with Crippen molar-refractivity contribution < 1.29 is 17.5 Å². The SMILES string of the molecule is O=S(=O)(c1cccc(F)c1)c1ccc2c(c1)OCCC2CCNC1CCNC1. The largest absolute Gasteiger partial charge is 0.493 e. The maximum Gasteiger partial charge on any atom is 0.206 e. The van der Waals surface area contributed by atoms with E-state index in [2.05, 4.69) is 10.6 Å². The summed E-state index contributed by atoms with van der Waals surface area (Å²) in [5.41, 5.74) is 1.05. The first kappa shape index (κ1) is 19.4. The number of fused-ring (bicyclic) bond motifs is 1. The molecule has 5 nitrogen and oxygen atoms in total. The maximum atomic E-state index is 13.5. The zero-order valence-corrected chi connectivity index (χ0v) is 16.5. The van der Waals surface area contributed by atoms with E-state index < -0.39 is 15.7 Å². The molecular weight excluding hydrogens is 379 g/mol. The second-order valence-electron chi connectivity index (χ2n) is 7.43. The molecule has 28 heavy (non-hydrogen) atoms. The molecule has 2 N–H and O–H groups in total. The molecule has 0 aromatic heterocycles. The lowest BCUT2D eigenvalue weighted by Crippen LogP contribution is -2.32. The minimum Gasteiger partial charge on any atom is -0.493 e. The van der Waals surface area contributed by atoms with Crippen LogP contribution in [0, 0.1) is 5.82 Å². The van der Waals surface area contributed by atoms with Gasteiger partial charge in [0, 0.05) is 12.6 Å². The molecule has 0 bridgehead atoms. The van der Waals surface area contributed by atoms with Crippen molar-refractivity contribution in [3.63, 3.8) is 0 Å². The molecule has 2 unspecified atom stereocenters. The molecule has 0 amide bonds. The van der Waals surface area contributed by atoms with Crippen LogP contribution < -0.4 is 15.4 Å². The van der Waals surface area contributed by atoms with Crippen LogP contribution in [0.3, 0.4) is 0 Å². The number of hydrogen-bond donors (Lipinski definition) is 2. The summed E-state index contributed by atoms with van der Waals surface area (Å²) < 4.78 is 44.9. The van der Waals surface area contributed by atoms with Crippen LogP contribution in [0.5, 0.6) is 5.75 Å². The van der Waals surface area contributed by atoms with Gasteiger partial charge in [0.05, 0.1) is 16.4 Å². The van der Waals surface area contributed by atoms with E-state index in [1.165, 1.54) is 18.2 Å². The Labute approximate surface area is 165 Å². The topological polar surface area (TPSA) is 67.4 Å². The fourth-order valence-corrected chi connectivity index (χ4v) is 5.28. The van der Waals surface area contributed by atoms with E-state index in [1.54, 1.807) is 12.1 Å². The monoisotopic (exact) mass is 404 g/mol. The highest BCUT2D eigenvalue weighted by Gasteiger charge is 2.25. The Morgan fingerprint density at radius 3 is 2.79 bits per heavy atom. The standard InChI is InChI=1S/C21H25FN2O3S/c22-16-2-1-3-18(12-16)28(25,26)19-4-5-20-15(8-11-27-21(20)13-19)6-10-24-17-7-9-23-14-17/h1-5,12-13,15,17,23-24H,6-11,14H2. The van der Waals surface area contributed by atoms with Crippen molar-refractivity contribution in [3.05, 3.63) is 53.8 Å². The Morgan fingerprint density at radius 2 is 2.00 bits per heavy atom. The van der Waals surface area contributed by atoms with E-state index in [0.717, 1.165) is 50.5 Å². The first-order valence-electron chi connectivity index (χ1n) is 9.75. The van der Waals surface area contributed by atoms with E-state index in [9.17, 15) is 12.8 Å². The first-order chi connectivity index (χ1) is 13.5. The molecule has 4 rings (SSSR count). The summed E-state index contributed by atoms with van der Waals surface area (Å²) in [6.07, 6.45) is 3.07. The fourth-order valence-electron chi connectivity index (χ4n) is 3.97. The van der Waals surface area contributed by atoms with Crippen molar-refractivity contribution in [2.45, 2.75) is 41.0 Å². The number of ether oxygens (including phenoxy) is 1. The Balaban J connectivity index is 1.51. The number of rotatable bonds is 6. The molecule has 0 saturated carbocycles. The van der Waals surface area contributed by atoms with Crippen LogP contribution in [0.1, 0.15) is 30.7 Å². The van der Waals surface area contributed by atoms with Gasteiger partial charge in [-0.3, -0.25) is 0 Å². The van der Waals surface area contributed by atoms with Gasteiger partial charge >= 0.3 is 0 Å². The van der Waals surface area contributed by atoms with Gasteiger partial charge in [-0.1, -0.05) is 12.1 Å². The summed E-state index contributed by atoms with van der Waals surface area (Å²) in [6, 6.07) is 10.7. The van der Waals surface area contributed by atoms with Gasteiger partial charge < -0.3 is 15.4 Å². The lowest BCUT2D eigenvalue weighted by Gasteiger charge is -2.27. The van der Waals surface area contributed by atoms with Crippen molar-refractivity contribution in [2.75, 3.05) is 26.2 Å². The number of nitrogens with one attached hydrogen (secondary N) is 2. The molecule has 2 heterocycles. The molecule has 2 aliphatic heterocycles. The van der Waals surface area contributed by atoms with Gasteiger partial charge in [0.25, 0.3) is 0 Å². The predicted octanol–water partition coefficient (Wildman–Crippen LogP) is 2.87. The van der Waals surface area contributed by atoms with Crippen LogP contribution in [0.25, 0.3) is 0 Å². The second kappa shape index (κ2) is 8.19. The number of hydrogen-bond acceptors (Lipinski definition) is 5. The molecule has 2 aromatic carbocycles. The van der Waals surface area contributed by atoms with Gasteiger partial charge in [-0.25, -0.2) is 12.8 Å². The van der Waals surface area contributed by atoms with Gasteiger partial charge in [0.1, 0.15) is 11.6 Å². The van der Waals surface area contributed by atoms with Gasteiger partial charge in [0.2, 0.25) is 9.84 Å². The molecule has 1 fully saturated rings. The van der Waals surface area contributed by atoms with Gasteiger partial charge in [-0.05, 0) is 74.2 Å². The third-order valence-corrected chi connectivity index (χ3v) is 7.30. The van der Waals surface area contributed by atoms with E-state index in [0.29, 0.717) is 24.3 Å². The van der Waals surface area contributed by atoms with Gasteiger partial charge in [0.15, 0.2) is 0 Å². The average molecular weight is 405 g/mol. The van der Waals surface area contributed by atoms with Gasteiger partial charge in [-0.2, -0.15) is 0 Å². The Morgan fingerprint density at radius 1 is 1.14 bits per heavy atom. The fraction of sp³-hybridized carbons (Fsp3) is 0.429. The third-order valence-electron chi connectivity index (χ3n) is 5.55. The zero-order chi connectivity index (χ0) is 19.6. The Hall–Kier alpha value is -1.96. The van der Waals surface area contributed by atoms with Crippen LogP contribution in [-0.4, -0.2) is 40.7 Å². The average Bonchev–Trinajstić information content (AvgIpc) is 3.21. The minimum atomic E-state index is -3.78. The van der Waals surface area contributed by atoms with Crippen LogP contribution >= 0.6 is 0 Å². The van der Waals surface area contributed by atoms with E-state index >= 15 is 0 Å². The summed E-state index contributed by atoms with van der Waals surface area (Å²) in [7, 11) is -3.78. The van der Waals surface area contributed by atoms with Crippen molar-refractivity contribution in [1.29, 1.82) is 0 Å². The minimum absolute atomic E-state index is 0.0471. The molecule has 0 aliphatic carbocycles. The second-order valence-corrected chi connectivity index (χ2v) is 9.38. The molecule has 2 aromatic rings. The predicted molar refractivity (Wildman–Crippen MR) is 105 cm³/mol. The summed E-state index contributed by atoms with van der Waals surface area (Å²) >= 11 is 0. The van der Waals surface area contributed by atoms with E-state index in [4.69, 9.17) is 4.74 Å². The number of benzene rings is 2. The Kier molecular flexibility index (Phi) is 5.66. The first-order valence-corrected chi connectivity index (χ1v) is 11.2. The Bertz CT molecular complexity index is 942. The highest BCUT2D eigenvalue weighted by Crippen LogP contribution is 2.38. The van der Waals surface area contributed by atoms with E-state index in [1.807, 2.05) is 6.07 Å². The number of halogens is 1. The third kappa shape index (κ3) is 4.06. The molecule has 150 valence electrons. The maximum absolute atomic E-state index is 13.5. The van der Waals surface area contributed by atoms with Crippen LogP contribution in [-0.2, 0) is 9.84 Å². The molecule has 2 aliphatic rings. The quantitative estimate of drug-likeness (QED) is 0.775. The lowest BCUT2D eigenvalue weighted by molar-refractivity contribution is 0.261. The van der Waals surface area contributed by atoms with Gasteiger partial charge in [-0.15, -0.1) is 0 Å². The molecule has 2 atom stereocenters. The molecule has 0 radical (unpaired) electrons. The van der Waals surface area contributed by atoms with Crippen molar-refractivity contribution in [1.82, 2.24) is 10.6 Å². The van der Waals surface area contributed by atoms with Crippen molar-refractivity contribution in [2.24, 2.45) is 0 Å². The summed E-state index contributed by atoms with van der Waals surface area (Å²) in [6.45, 7) is 3.60. The lowest BCUT2D eigenvalue weighted by atomic mass is 9.90. The molecular formula is C21H25FN2O3S. The molecule has 1 saturated heterocycles.